The van der Waals surface area contributed by atoms with Gasteiger partial charge in [-0.05, 0) is 48.9 Å². The van der Waals surface area contributed by atoms with E-state index in [-0.39, 0.29) is 17.9 Å². The van der Waals surface area contributed by atoms with E-state index in [0.717, 1.165) is 11.1 Å². The van der Waals surface area contributed by atoms with Gasteiger partial charge in [0.15, 0.2) is 0 Å². The summed E-state index contributed by atoms with van der Waals surface area (Å²) >= 11 is 0. The van der Waals surface area contributed by atoms with Crippen molar-refractivity contribution in [3.05, 3.63) is 70.8 Å². The lowest BCUT2D eigenvalue weighted by molar-refractivity contribution is -0.133. The van der Waals surface area contributed by atoms with E-state index < -0.39 is 24.0 Å². The molecule has 2 rings (SSSR count). The fourth-order valence-corrected chi connectivity index (χ4v) is 2.71. The summed E-state index contributed by atoms with van der Waals surface area (Å²) in [5, 5.41) is 23.4. The molecule has 0 fully saturated rings. The van der Waals surface area contributed by atoms with Gasteiger partial charge in [-0.25, -0.2) is 5.48 Å². The first kappa shape index (κ1) is 24.6. The van der Waals surface area contributed by atoms with E-state index in [2.05, 4.69) is 22.5 Å². The Hall–Kier alpha value is -3.71. The minimum Gasteiger partial charge on any atom is -0.391 e. The van der Waals surface area contributed by atoms with Crippen molar-refractivity contribution in [2.75, 3.05) is 13.1 Å². The van der Waals surface area contributed by atoms with Crippen molar-refractivity contribution in [1.29, 1.82) is 0 Å². The largest absolute Gasteiger partial charge is 0.391 e. The van der Waals surface area contributed by atoms with Crippen LogP contribution < -0.4 is 21.8 Å². The van der Waals surface area contributed by atoms with Crippen LogP contribution in [0.5, 0.6) is 0 Å². The standard InChI is InChI=1S/C23H26N4O5/c1-15(28)21(23(31)27-32)26-22(30)19-10-8-17(9-11-19)3-2-16-4-6-18(7-5-16)14-20(29)25-13-12-24/h4-11,15,21,28,32H,12-14,24H2,1H3,(H,25,29)(H,26,30)(H,27,31). The highest BCUT2D eigenvalue weighted by Gasteiger charge is 2.25. The number of nitrogens with one attached hydrogen (secondary N) is 3. The van der Waals surface area contributed by atoms with Gasteiger partial charge >= 0.3 is 0 Å². The van der Waals surface area contributed by atoms with Gasteiger partial charge in [0, 0.05) is 29.8 Å². The molecule has 7 N–H and O–H groups in total. The quantitative estimate of drug-likeness (QED) is 0.189. The highest BCUT2D eigenvalue weighted by atomic mass is 16.5. The molecule has 0 aromatic heterocycles. The monoisotopic (exact) mass is 438 g/mol. The average Bonchev–Trinajstić information content (AvgIpc) is 2.80. The van der Waals surface area contributed by atoms with Gasteiger partial charge in [-0.3, -0.25) is 19.6 Å². The molecule has 0 radical (unpaired) electrons. The van der Waals surface area contributed by atoms with E-state index in [0.29, 0.717) is 18.7 Å². The molecular weight excluding hydrogens is 412 g/mol. The van der Waals surface area contributed by atoms with Crippen molar-refractivity contribution in [2.45, 2.75) is 25.5 Å². The van der Waals surface area contributed by atoms with Gasteiger partial charge < -0.3 is 21.5 Å². The van der Waals surface area contributed by atoms with Gasteiger partial charge in [0.2, 0.25) is 5.91 Å². The van der Waals surface area contributed by atoms with Crippen molar-refractivity contribution in [3.8, 4) is 11.8 Å². The average molecular weight is 438 g/mol. The molecule has 0 aliphatic rings. The molecule has 9 heteroatoms. The van der Waals surface area contributed by atoms with Crippen molar-refractivity contribution in [1.82, 2.24) is 16.1 Å². The topological polar surface area (TPSA) is 154 Å². The molecule has 2 unspecified atom stereocenters. The van der Waals surface area contributed by atoms with E-state index in [1.807, 2.05) is 24.3 Å². The molecule has 9 nitrogen and oxygen atoms in total. The minimum atomic E-state index is -1.29. The molecular formula is C23H26N4O5. The third-order valence-corrected chi connectivity index (χ3v) is 4.45. The highest BCUT2D eigenvalue weighted by Crippen LogP contribution is 2.07. The first-order chi connectivity index (χ1) is 15.3. The van der Waals surface area contributed by atoms with E-state index in [9.17, 15) is 19.5 Å². The zero-order valence-electron chi connectivity index (χ0n) is 17.6. The lowest BCUT2D eigenvalue weighted by atomic mass is 10.1. The Labute approximate surface area is 186 Å². The Kier molecular flexibility index (Phi) is 9.38. The Morgan fingerprint density at radius 1 is 1.00 bits per heavy atom. The number of rotatable bonds is 8. The summed E-state index contributed by atoms with van der Waals surface area (Å²) in [6, 6.07) is 12.4. The number of hydroxylamine groups is 1. The molecule has 3 amide bonds. The number of nitrogens with two attached hydrogens (primary N) is 1. The predicted molar refractivity (Wildman–Crippen MR) is 117 cm³/mol. The van der Waals surface area contributed by atoms with Crippen molar-refractivity contribution < 1.29 is 24.7 Å². The van der Waals surface area contributed by atoms with Crippen LogP contribution in [0.2, 0.25) is 0 Å². The van der Waals surface area contributed by atoms with Crippen LogP contribution in [0.25, 0.3) is 0 Å². The van der Waals surface area contributed by atoms with Crippen LogP contribution in [0.15, 0.2) is 48.5 Å². The summed E-state index contributed by atoms with van der Waals surface area (Å²) in [6.45, 7) is 2.17. The van der Waals surface area contributed by atoms with Crippen LogP contribution in [0.3, 0.4) is 0 Å². The summed E-state index contributed by atoms with van der Waals surface area (Å²) in [5.41, 5.74) is 9.35. The third-order valence-electron chi connectivity index (χ3n) is 4.45. The molecule has 0 heterocycles. The molecule has 2 atom stereocenters. The van der Waals surface area contributed by atoms with Crippen LogP contribution >= 0.6 is 0 Å². The zero-order chi connectivity index (χ0) is 23.5. The molecule has 2 aromatic carbocycles. The number of aliphatic hydroxyl groups excluding tert-OH is 1. The van der Waals surface area contributed by atoms with Gasteiger partial charge in [0.1, 0.15) is 6.04 Å². The maximum atomic E-state index is 12.3. The SMILES string of the molecule is CC(O)C(NC(=O)c1ccc(C#Cc2ccc(CC(=O)NCCN)cc2)cc1)C(=O)NO. The predicted octanol–water partition coefficient (Wildman–Crippen LogP) is -0.312. The molecule has 0 saturated heterocycles. The van der Waals surface area contributed by atoms with Gasteiger partial charge in [-0.2, -0.15) is 0 Å². The van der Waals surface area contributed by atoms with Gasteiger partial charge in [-0.15, -0.1) is 0 Å². The second-order valence-electron chi connectivity index (χ2n) is 7.01. The van der Waals surface area contributed by atoms with Crippen molar-refractivity contribution in [2.24, 2.45) is 5.73 Å². The van der Waals surface area contributed by atoms with Crippen LogP contribution in [0.4, 0.5) is 0 Å². The number of benzene rings is 2. The molecule has 32 heavy (non-hydrogen) atoms. The molecule has 0 aliphatic carbocycles. The van der Waals surface area contributed by atoms with E-state index >= 15 is 0 Å². The lowest BCUT2D eigenvalue weighted by Crippen LogP contribution is -2.51. The molecule has 0 saturated carbocycles. The Morgan fingerprint density at radius 2 is 1.56 bits per heavy atom. The molecule has 0 bridgehead atoms. The second kappa shape index (κ2) is 12.2. The van der Waals surface area contributed by atoms with E-state index in [4.69, 9.17) is 10.9 Å². The molecule has 2 aromatic rings. The van der Waals surface area contributed by atoms with Gasteiger partial charge in [0.05, 0.1) is 12.5 Å². The first-order valence-electron chi connectivity index (χ1n) is 9.94. The van der Waals surface area contributed by atoms with Crippen molar-refractivity contribution in [3.63, 3.8) is 0 Å². The Bertz CT molecular complexity index is 992. The van der Waals surface area contributed by atoms with E-state index in [1.165, 1.54) is 12.4 Å². The summed E-state index contributed by atoms with van der Waals surface area (Å²) in [5.74, 6) is 4.42. The maximum absolute atomic E-state index is 12.3. The highest BCUT2D eigenvalue weighted by molar-refractivity contribution is 5.97. The summed E-state index contributed by atoms with van der Waals surface area (Å²) < 4.78 is 0. The summed E-state index contributed by atoms with van der Waals surface area (Å²) in [6.07, 6.45) is -0.921. The van der Waals surface area contributed by atoms with Crippen LogP contribution in [-0.2, 0) is 16.0 Å². The van der Waals surface area contributed by atoms with Gasteiger partial charge in [0.25, 0.3) is 11.8 Å². The Morgan fingerprint density at radius 3 is 2.06 bits per heavy atom. The number of carbonyl (C=O) groups is 3. The fraction of sp³-hybridized carbons (Fsp3) is 0.261. The second-order valence-corrected chi connectivity index (χ2v) is 7.01. The minimum absolute atomic E-state index is 0.0878. The van der Waals surface area contributed by atoms with Crippen LogP contribution in [0.1, 0.15) is 34.0 Å². The molecule has 0 spiro atoms. The zero-order valence-corrected chi connectivity index (χ0v) is 17.6. The van der Waals surface area contributed by atoms with E-state index in [1.54, 1.807) is 24.3 Å². The van der Waals surface area contributed by atoms with Crippen LogP contribution in [0, 0.1) is 11.8 Å². The summed E-state index contributed by atoms with van der Waals surface area (Å²) in [4.78, 5) is 35.5. The number of carbonyl (C=O) groups excluding carboxylic acids is 3. The lowest BCUT2D eigenvalue weighted by Gasteiger charge is -2.19. The fourth-order valence-electron chi connectivity index (χ4n) is 2.71. The third kappa shape index (κ3) is 7.52. The normalized spacial score (nSPS) is 12.0. The van der Waals surface area contributed by atoms with Crippen molar-refractivity contribution >= 4 is 17.7 Å². The van der Waals surface area contributed by atoms with Gasteiger partial charge in [-0.1, -0.05) is 24.0 Å². The van der Waals surface area contributed by atoms with Crippen LogP contribution in [-0.4, -0.2) is 53.3 Å². The molecule has 168 valence electrons. The first-order valence-corrected chi connectivity index (χ1v) is 9.94. The number of hydrogen-bond donors (Lipinski definition) is 6. The Balaban J connectivity index is 1.99. The summed E-state index contributed by atoms with van der Waals surface area (Å²) in [7, 11) is 0. The molecule has 0 aliphatic heterocycles. The number of hydrogen-bond acceptors (Lipinski definition) is 6. The number of amides is 3. The number of aliphatic hydroxyl groups is 1. The smallest absolute Gasteiger partial charge is 0.268 e. The maximum Gasteiger partial charge on any atom is 0.268 e.